The Morgan fingerprint density at radius 1 is 1.25 bits per heavy atom. The molecule has 62 valence electrons. The van der Waals surface area contributed by atoms with Crippen LogP contribution in [0.4, 0.5) is 0 Å². The van der Waals surface area contributed by atoms with Crippen LogP contribution >= 0.6 is 7.82 Å². The molecule has 12 heavy (non-hydrogen) atoms. The fraction of sp³-hybridized carbons (Fsp3) is 0. The van der Waals surface area contributed by atoms with Crippen LogP contribution in [0.2, 0.25) is 0 Å². The summed E-state index contributed by atoms with van der Waals surface area (Å²) in [5, 5.41) is 0. The first-order valence-corrected chi connectivity index (χ1v) is 4.12. The Hall–Kier alpha value is -0.143. The van der Waals surface area contributed by atoms with E-state index >= 15 is 0 Å². The molecule has 0 saturated heterocycles. The smallest absolute Gasteiger partial charge is 0.394 e. The number of pyridine rings is 1. The average molecular weight is 183 g/mol. The maximum atomic E-state index is 8.88. The van der Waals surface area contributed by atoms with Gasteiger partial charge in [0.15, 0.2) is 0 Å². The van der Waals surface area contributed by atoms with Crippen LogP contribution in [-0.2, 0) is 4.57 Å². The van der Waals surface area contributed by atoms with Gasteiger partial charge in [0.25, 0.3) is 0 Å². The maximum Gasteiger partial charge on any atom is 1.00 e. The summed E-state index contributed by atoms with van der Waals surface area (Å²) >= 11 is 0. The summed E-state index contributed by atoms with van der Waals surface area (Å²) in [6, 6.07) is 5.50. The second-order valence-corrected chi connectivity index (χ2v) is 2.50. The molecule has 0 saturated carbocycles. The summed E-state index contributed by atoms with van der Waals surface area (Å²) in [6.45, 7) is 0. The molecule has 0 aliphatic rings. The van der Waals surface area contributed by atoms with Gasteiger partial charge in [-0.2, -0.15) is 18.2 Å². The summed E-state index contributed by atoms with van der Waals surface area (Å²) in [5.74, 6) is 0. The molecule has 5 nitrogen and oxygen atoms in total. The van der Waals surface area contributed by atoms with Gasteiger partial charge in [0.05, 0.1) is 0 Å². The number of nitrogens with zero attached hydrogens (tertiary/aromatic N) is 1. The van der Waals surface area contributed by atoms with Crippen molar-refractivity contribution in [2.45, 2.75) is 0 Å². The summed E-state index contributed by atoms with van der Waals surface area (Å²) in [5.41, 5.74) is 0. The molecule has 1 heterocycles. The topological polar surface area (TPSA) is 90.7 Å². The fourth-order valence-corrected chi connectivity index (χ4v) is 0.277. The van der Waals surface area contributed by atoms with Crippen molar-refractivity contribution >= 4 is 7.82 Å². The summed E-state index contributed by atoms with van der Waals surface area (Å²) in [6.07, 6.45) is 4.34. The minimum atomic E-state index is -4.64. The van der Waals surface area contributed by atoms with Crippen LogP contribution in [0.5, 0.6) is 0 Å². The zero-order chi connectivity index (χ0) is 8.74. The SMILES string of the molecule is O=P(O)(O)O.[Li+].[c-]1ccccn1. The van der Waals surface area contributed by atoms with E-state index < -0.39 is 7.82 Å². The molecular formula is C5H7LiNO4P. The summed E-state index contributed by atoms with van der Waals surface area (Å²) in [7, 11) is -4.64. The van der Waals surface area contributed by atoms with E-state index in [1.165, 1.54) is 0 Å². The normalized spacial score (nSPS) is 8.92. The average Bonchev–Trinajstić information content (AvgIpc) is 1.88. The van der Waals surface area contributed by atoms with Crippen molar-refractivity contribution in [3.05, 3.63) is 30.6 Å². The number of hydrogen-bond donors (Lipinski definition) is 3. The third-order valence-corrected chi connectivity index (χ3v) is 0.517. The monoisotopic (exact) mass is 183 g/mol. The Morgan fingerprint density at radius 3 is 1.83 bits per heavy atom. The third kappa shape index (κ3) is 22.5. The third-order valence-electron chi connectivity index (χ3n) is 0.517. The molecule has 7 heteroatoms. The molecule has 0 bridgehead atoms. The van der Waals surface area contributed by atoms with Gasteiger partial charge in [-0.1, -0.05) is 12.4 Å². The zero-order valence-corrected chi connectivity index (χ0v) is 7.35. The van der Waals surface area contributed by atoms with E-state index in [2.05, 4.69) is 11.2 Å². The van der Waals surface area contributed by atoms with Gasteiger partial charge < -0.3 is 19.7 Å². The van der Waals surface area contributed by atoms with Crippen molar-refractivity contribution in [1.82, 2.24) is 4.98 Å². The van der Waals surface area contributed by atoms with Crippen molar-refractivity contribution in [1.29, 1.82) is 0 Å². The first-order chi connectivity index (χ1) is 5.00. The van der Waals surface area contributed by atoms with Gasteiger partial charge >= 0.3 is 26.7 Å². The molecule has 0 fully saturated rings. The minimum absolute atomic E-state index is 0. The molecule has 0 aliphatic carbocycles. The van der Waals surface area contributed by atoms with E-state index in [0.29, 0.717) is 0 Å². The van der Waals surface area contributed by atoms with Gasteiger partial charge in [0, 0.05) is 0 Å². The largest absolute Gasteiger partial charge is 1.00 e. The van der Waals surface area contributed by atoms with Crippen LogP contribution in [0.3, 0.4) is 0 Å². The Balaban J connectivity index is 0. The molecule has 0 aromatic carbocycles. The quantitative estimate of drug-likeness (QED) is 0.226. The molecule has 3 N–H and O–H groups in total. The second-order valence-electron chi connectivity index (χ2n) is 1.47. The van der Waals surface area contributed by atoms with E-state index in [1.807, 2.05) is 12.1 Å². The van der Waals surface area contributed by atoms with Crippen LogP contribution in [0, 0.1) is 6.20 Å². The Labute approximate surface area is 81.9 Å². The number of rotatable bonds is 0. The molecule has 1 rings (SSSR count). The van der Waals surface area contributed by atoms with Gasteiger partial charge in [0.2, 0.25) is 0 Å². The molecular weight excluding hydrogens is 176 g/mol. The summed E-state index contributed by atoms with van der Waals surface area (Å²) in [4.78, 5) is 25.2. The molecule has 0 unspecified atom stereocenters. The molecule has 0 atom stereocenters. The first kappa shape index (κ1) is 14.4. The van der Waals surface area contributed by atoms with Crippen LogP contribution in [-0.4, -0.2) is 19.7 Å². The van der Waals surface area contributed by atoms with Gasteiger partial charge in [-0.25, -0.2) is 4.57 Å². The second kappa shape index (κ2) is 7.50. The van der Waals surface area contributed by atoms with Crippen molar-refractivity contribution in [3.63, 3.8) is 0 Å². The van der Waals surface area contributed by atoms with Crippen molar-refractivity contribution in [3.8, 4) is 0 Å². The number of aromatic nitrogens is 1. The van der Waals surface area contributed by atoms with Crippen LogP contribution in [0.15, 0.2) is 24.4 Å². The zero-order valence-electron chi connectivity index (χ0n) is 6.45. The van der Waals surface area contributed by atoms with Gasteiger partial charge in [-0.05, 0) is 0 Å². The van der Waals surface area contributed by atoms with E-state index in [9.17, 15) is 0 Å². The van der Waals surface area contributed by atoms with Crippen LogP contribution < -0.4 is 18.9 Å². The van der Waals surface area contributed by atoms with Gasteiger partial charge in [0.1, 0.15) is 0 Å². The predicted octanol–water partition coefficient (Wildman–Crippen LogP) is -3.04. The fourth-order valence-electron chi connectivity index (χ4n) is 0.277. The molecule has 0 spiro atoms. The predicted molar refractivity (Wildman–Crippen MR) is 37.3 cm³/mol. The van der Waals surface area contributed by atoms with Crippen molar-refractivity contribution in [2.24, 2.45) is 0 Å². The summed E-state index contributed by atoms with van der Waals surface area (Å²) < 4.78 is 8.88. The van der Waals surface area contributed by atoms with Crippen molar-refractivity contribution < 1.29 is 38.1 Å². The maximum absolute atomic E-state index is 8.88. The Bertz CT molecular complexity index is 191. The van der Waals surface area contributed by atoms with Crippen LogP contribution in [0.25, 0.3) is 0 Å². The molecule has 1 aromatic heterocycles. The molecule has 0 aliphatic heterocycles. The minimum Gasteiger partial charge on any atom is -0.394 e. The van der Waals surface area contributed by atoms with E-state index in [-0.39, 0.29) is 18.9 Å². The number of phosphoric acid groups is 1. The Morgan fingerprint density at radius 2 is 1.75 bits per heavy atom. The standard InChI is InChI=1S/C5H4N.Li.H3O4P/c1-2-4-6-5-3-1;;1-5(2,3)4/h1-4H;;(H3,1,2,3,4)/q-1;+1;. The molecule has 0 radical (unpaired) electrons. The van der Waals surface area contributed by atoms with E-state index in [0.717, 1.165) is 0 Å². The first-order valence-electron chi connectivity index (χ1n) is 2.55. The molecule has 0 amide bonds. The molecule has 1 aromatic rings. The van der Waals surface area contributed by atoms with Gasteiger partial charge in [-0.3, -0.25) is 0 Å². The number of hydrogen-bond acceptors (Lipinski definition) is 2. The van der Waals surface area contributed by atoms with E-state index in [4.69, 9.17) is 19.2 Å². The van der Waals surface area contributed by atoms with Crippen LogP contribution in [0.1, 0.15) is 0 Å². The van der Waals surface area contributed by atoms with E-state index in [1.54, 1.807) is 12.3 Å². The van der Waals surface area contributed by atoms with Crippen molar-refractivity contribution in [2.75, 3.05) is 0 Å². The van der Waals surface area contributed by atoms with Gasteiger partial charge in [-0.15, -0.1) is 0 Å². The Kier molecular flexibility index (Phi) is 9.00.